The van der Waals surface area contributed by atoms with E-state index in [1.54, 1.807) is 0 Å². The van der Waals surface area contributed by atoms with Crippen molar-refractivity contribution < 1.29 is 23.9 Å². The van der Waals surface area contributed by atoms with Crippen molar-refractivity contribution in [3.05, 3.63) is 35.9 Å². The predicted molar refractivity (Wildman–Crippen MR) is 75.4 cm³/mol. The van der Waals surface area contributed by atoms with Gasteiger partial charge in [0.25, 0.3) is 0 Å². The molecule has 0 aromatic heterocycles. The third-order valence-corrected chi connectivity index (χ3v) is 2.92. The van der Waals surface area contributed by atoms with Crippen molar-refractivity contribution in [3.8, 4) is 0 Å². The Bertz CT molecular complexity index is 468. The molecule has 0 N–H and O–H groups in total. The lowest BCUT2D eigenvalue weighted by atomic mass is 10.1. The molecule has 0 bridgehead atoms. The zero-order chi connectivity index (χ0) is 15.7. The van der Waals surface area contributed by atoms with Gasteiger partial charge in [0.05, 0.1) is 14.2 Å². The second-order valence-corrected chi connectivity index (χ2v) is 4.39. The van der Waals surface area contributed by atoms with Gasteiger partial charge in [0, 0.05) is 6.42 Å². The summed E-state index contributed by atoms with van der Waals surface area (Å²) >= 11 is 0. The fourth-order valence-electron chi connectivity index (χ4n) is 1.73. The van der Waals surface area contributed by atoms with E-state index in [-0.39, 0.29) is 25.4 Å². The number of amides is 1. The summed E-state index contributed by atoms with van der Waals surface area (Å²) in [6.07, 6.45) is 0.747. The van der Waals surface area contributed by atoms with Gasteiger partial charge in [-0.2, -0.15) is 0 Å². The average molecular weight is 293 g/mol. The topological polar surface area (TPSA) is 72.9 Å². The lowest BCUT2D eigenvalue weighted by Crippen LogP contribution is -2.40. The Balaban J connectivity index is 2.61. The summed E-state index contributed by atoms with van der Waals surface area (Å²) in [4.78, 5) is 35.9. The van der Waals surface area contributed by atoms with E-state index in [1.165, 1.54) is 14.2 Å². The first-order chi connectivity index (χ1) is 10.1. The number of rotatable bonds is 7. The minimum absolute atomic E-state index is 0.206. The van der Waals surface area contributed by atoms with Crippen LogP contribution >= 0.6 is 0 Å². The summed E-state index contributed by atoms with van der Waals surface area (Å²) in [6, 6.07) is 9.50. The van der Waals surface area contributed by atoms with E-state index in [1.807, 2.05) is 30.3 Å². The molecule has 0 saturated carbocycles. The monoisotopic (exact) mass is 293 g/mol. The first kappa shape index (κ1) is 16.7. The SMILES string of the molecule is COC(=O)CN(CC(=O)OC)C(=O)CCc1ccccc1. The fourth-order valence-corrected chi connectivity index (χ4v) is 1.73. The van der Waals surface area contributed by atoms with E-state index < -0.39 is 11.9 Å². The van der Waals surface area contributed by atoms with Crippen molar-refractivity contribution >= 4 is 17.8 Å². The zero-order valence-corrected chi connectivity index (χ0v) is 12.2. The lowest BCUT2D eigenvalue weighted by molar-refractivity contribution is -0.152. The second-order valence-electron chi connectivity index (χ2n) is 4.39. The molecule has 0 unspecified atom stereocenters. The number of hydrogen-bond donors (Lipinski definition) is 0. The third kappa shape index (κ3) is 6.07. The van der Waals surface area contributed by atoms with Crippen molar-refractivity contribution in [2.45, 2.75) is 12.8 Å². The van der Waals surface area contributed by atoms with E-state index in [0.717, 1.165) is 10.5 Å². The van der Waals surface area contributed by atoms with Gasteiger partial charge in [-0.1, -0.05) is 30.3 Å². The first-order valence-corrected chi connectivity index (χ1v) is 6.52. The van der Waals surface area contributed by atoms with Gasteiger partial charge in [-0.15, -0.1) is 0 Å². The quantitative estimate of drug-likeness (QED) is 0.695. The molecule has 1 amide bonds. The van der Waals surface area contributed by atoms with E-state index >= 15 is 0 Å². The largest absolute Gasteiger partial charge is 0.468 e. The van der Waals surface area contributed by atoms with Gasteiger partial charge in [-0.05, 0) is 12.0 Å². The molecule has 1 aromatic carbocycles. The highest BCUT2D eigenvalue weighted by atomic mass is 16.5. The summed E-state index contributed by atoms with van der Waals surface area (Å²) in [5, 5.41) is 0. The summed E-state index contributed by atoms with van der Waals surface area (Å²) in [5.41, 5.74) is 1.02. The third-order valence-electron chi connectivity index (χ3n) is 2.92. The van der Waals surface area contributed by atoms with E-state index in [9.17, 15) is 14.4 Å². The normalized spacial score (nSPS) is 9.81. The molecule has 0 saturated heterocycles. The number of ether oxygens (including phenoxy) is 2. The minimum Gasteiger partial charge on any atom is -0.468 e. The molecular formula is C15H19NO5. The number of carbonyl (C=O) groups is 3. The van der Waals surface area contributed by atoms with Crippen LogP contribution in [0.2, 0.25) is 0 Å². The van der Waals surface area contributed by atoms with Crippen molar-refractivity contribution in [1.82, 2.24) is 4.90 Å². The maximum absolute atomic E-state index is 12.1. The molecular weight excluding hydrogens is 274 g/mol. The van der Waals surface area contributed by atoms with E-state index in [0.29, 0.717) is 6.42 Å². The molecule has 0 aliphatic rings. The highest BCUT2D eigenvalue weighted by Gasteiger charge is 2.20. The maximum atomic E-state index is 12.1. The molecule has 6 nitrogen and oxygen atoms in total. The number of aryl methyl sites for hydroxylation is 1. The van der Waals surface area contributed by atoms with Crippen molar-refractivity contribution in [2.75, 3.05) is 27.3 Å². The predicted octanol–water partition coefficient (Wildman–Crippen LogP) is 0.794. The van der Waals surface area contributed by atoms with E-state index in [4.69, 9.17) is 0 Å². The zero-order valence-electron chi connectivity index (χ0n) is 12.2. The molecule has 0 spiro atoms. The van der Waals surface area contributed by atoms with Gasteiger partial charge < -0.3 is 14.4 Å². The molecule has 0 fully saturated rings. The Morgan fingerprint density at radius 1 is 0.952 bits per heavy atom. The van der Waals surface area contributed by atoms with Crippen LogP contribution in [-0.4, -0.2) is 50.1 Å². The number of carbonyl (C=O) groups excluding carboxylic acids is 3. The van der Waals surface area contributed by atoms with Gasteiger partial charge in [0.1, 0.15) is 13.1 Å². The van der Waals surface area contributed by atoms with Crippen LogP contribution in [0.4, 0.5) is 0 Å². The Kier molecular flexibility index (Phi) is 6.94. The lowest BCUT2D eigenvalue weighted by Gasteiger charge is -2.20. The highest BCUT2D eigenvalue weighted by Crippen LogP contribution is 2.05. The Labute approximate surface area is 123 Å². The van der Waals surface area contributed by atoms with Crippen LogP contribution in [0.3, 0.4) is 0 Å². The summed E-state index contributed by atoms with van der Waals surface area (Å²) < 4.78 is 9.05. The second kappa shape index (κ2) is 8.73. The van der Waals surface area contributed by atoms with Crippen LogP contribution in [0.15, 0.2) is 30.3 Å². The Morgan fingerprint density at radius 3 is 1.95 bits per heavy atom. The van der Waals surface area contributed by atoms with Crippen LogP contribution < -0.4 is 0 Å². The van der Waals surface area contributed by atoms with Crippen molar-refractivity contribution in [2.24, 2.45) is 0 Å². The molecule has 1 aromatic rings. The summed E-state index contributed by atoms with van der Waals surface area (Å²) in [7, 11) is 2.46. The average Bonchev–Trinajstić information content (AvgIpc) is 2.52. The number of benzene rings is 1. The smallest absolute Gasteiger partial charge is 0.325 e. The van der Waals surface area contributed by atoms with Gasteiger partial charge in [-0.25, -0.2) is 0 Å². The molecule has 21 heavy (non-hydrogen) atoms. The fraction of sp³-hybridized carbons (Fsp3) is 0.400. The maximum Gasteiger partial charge on any atom is 0.325 e. The van der Waals surface area contributed by atoms with Gasteiger partial charge in [-0.3, -0.25) is 14.4 Å². The Morgan fingerprint density at radius 2 is 1.48 bits per heavy atom. The number of esters is 2. The number of hydrogen-bond acceptors (Lipinski definition) is 5. The Hall–Kier alpha value is -2.37. The van der Waals surface area contributed by atoms with Crippen molar-refractivity contribution in [3.63, 3.8) is 0 Å². The van der Waals surface area contributed by atoms with Crippen LogP contribution in [0.25, 0.3) is 0 Å². The van der Waals surface area contributed by atoms with E-state index in [2.05, 4.69) is 9.47 Å². The molecule has 0 heterocycles. The number of nitrogens with zero attached hydrogens (tertiary/aromatic N) is 1. The van der Waals surface area contributed by atoms with Gasteiger partial charge in [0.2, 0.25) is 5.91 Å². The highest BCUT2D eigenvalue weighted by molar-refractivity contribution is 5.86. The molecule has 0 atom stereocenters. The first-order valence-electron chi connectivity index (χ1n) is 6.52. The van der Waals surface area contributed by atoms with Crippen LogP contribution in [0.5, 0.6) is 0 Å². The number of methoxy groups -OCH3 is 2. The molecule has 1 rings (SSSR count). The molecule has 0 radical (unpaired) electrons. The van der Waals surface area contributed by atoms with Crippen LogP contribution in [0.1, 0.15) is 12.0 Å². The summed E-state index contributed by atoms with van der Waals surface area (Å²) in [6.45, 7) is -0.529. The summed E-state index contributed by atoms with van der Waals surface area (Å²) in [5.74, 6) is -1.45. The van der Waals surface area contributed by atoms with Crippen LogP contribution in [-0.2, 0) is 30.3 Å². The molecule has 0 aliphatic heterocycles. The van der Waals surface area contributed by atoms with Crippen LogP contribution in [0, 0.1) is 0 Å². The minimum atomic E-state index is -0.577. The standard InChI is InChI=1S/C15H19NO5/c1-20-14(18)10-16(11-15(19)21-2)13(17)9-8-12-6-4-3-5-7-12/h3-7H,8-11H2,1-2H3. The molecule has 0 aliphatic carbocycles. The molecule has 6 heteroatoms. The van der Waals surface area contributed by atoms with Crippen molar-refractivity contribution in [1.29, 1.82) is 0 Å². The van der Waals surface area contributed by atoms with Gasteiger partial charge >= 0.3 is 11.9 Å². The van der Waals surface area contributed by atoms with Gasteiger partial charge in [0.15, 0.2) is 0 Å². The molecule has 114 valence electrons.